The highest BCUT2D eigenvalue weighted by Crippen LogP contribution is 2.34. The number of rotatable bonds is 3. The third-order valence-electron chi connectivity index (χ3n) is 4.43. The number of para-hydroxylation sites is 1. The number of allylic oxidation sites excluding steroid dienone is 1. The van der Waals surface area contributed by atoms with Crippen molar-refractivity contribution in [1.82, 2.24) is 0 Å². The Hall–Kier alpha value is -2.56. The number of fused-ring (bicyclic) bond motifs is 1. The molecule has 2 nitrogen and oxygen atoms in total. The minimum absolute atomic E-state index is 0.00893. The van der Waals surface area contributed by atoms with Crippen molar-refractivity contribution in [1.29, 1.82) is 0 Å². The molecule has 25 heavy (non-hydrogen) atoms. The van der Waals surface area contributed by atoms with Gasteiger partial charge < -0.3 is 4.90 Å². The lowest BCUT2D eigenvalue weighted by molar-refractivity contribution is -0.164. The summed E-state index contributed by atoms with van der Waals surface area (Å²) >= 11 is 0. The number of Topliss-reactive ketones (excluding diaryl/α,β-unsaturated/α-hetero) is 1. The molecule has 5 heteroatoms. The molecular formula is C20H18F3NO. The smallest absolute Gasteiger partial charge is 0.344 e. The summed E-state index contributed by atoms with van der Waals surface area (Å²) < 4.78 is 39.4. The van der Waals surface area contributed by atoms with Crippen LogP contribution in [-0.4, -0.2) is 18.0 Å². The van der Waals surface area contributed by atoms with Crippen LogP contribution in [0.25, 0.3) is 5.57 Å². The van der Waals surface area contributed by atoms with Crippen molar-refractivity contribution in [3.05, 3.63) is 71.9 Å². The molecule has 1 heterocycles. The molecule has 1 aliphatic heterocycles. The predicted octanol–water partition coefficient (Wildman–Crippen LogP) is 5.00. The summed E-state index contributed by atoms with van der Waals surface area (Å²) in [6.45, 7) is 1.95. The van der Waals surface area contributed by atoms with E-state index in [1.807, 2.05) is 31.2 Å². The Labute approximate surface area is 144 Å². The van der Waals surface area contributed by atoms with Crippen LogP contribution in [0.2, 0.25) is 0 Å². The van der Waals surface area contributed by atoms with E-state index in [1.165, 1.54) is 18.3 Å². The zero-order valence-electron chi connectivity index (χ0n) is 13.8. The quantitative estimate of drug-likeness (QED) is 0.730. The third kappa shape index (κ3) is 3.60. The first-order valence-electron chi connectivity index (χ1n) is 8.13. The third-order valence-corrected chi connectivity index (χ3v) is 4.43. The van der Waals surface area contributed by atoms with Gasteiger partial charge in [-0.05, 0) is 37.0 Å². The van der Waals surface area contributed by atoms with E-state index < -0.39 is 12.0 Å². The van der Waals surface area contributed by atoms with E-state index in [0.29, 0.717) is 0 Å². The van der Waals surface area contributed by atoms with Crippen LogP contribution in [0.4, 0.5) is 18.9 Å². The average Bonchev–Trinajstić information content (AvgIpc) is 2.60. The Balaban J connectivity index is 2.12. The highest BCUT2D eigenvalue weighted by atomic mass is 19.4. The van der Waals surface area contributed by atoms with Crippen molar-refractivity contribution in [2.45, 2.75) is 32.0 Å². The molecule has 0 fully saturated rings. The fraction of sp³-hybridized carbons (Fsp3) is 0.250. The topological polar surface area (TPSA) is 20.3 Å². The summed E-state index contributed by atoms with van der Waals surface area (Å²) in [7, 11) is 0. The maximum Gasteiger partial charge on any atom is 0.454 e. The molecule has 2 aromatic carbocycles. The van der Waals surface area contributed by atoms with Gasteiger partial charge in [0.2, 0.25) is 0 Å². The fourth-order valence-corrected chi connectivity index (χ4v) is 3.09. The van der Waals surface area contributed by atoms with Crippen molar-refractivity contribution < 1.29 is 18.0 Å². The van der Waals surface area contributed by atoms with Crippen molar-refractivity contribution in [2.24, 2.45) is 0 Å². The molecule has 1 atom stereocenters. The summed E-state index contributed by atoms with van der Waals surface area (Å²) in [6, 6.07) is 15.6. The molecule has 0 radical (unpaired) electrons. The van der Waals surface area contributed by atoms with Crippen LogP contribution >= 0.6 is 0 Å². The first-order chi connectivity index (χ1) is 11.9. The van der Waals surface area contributed by atoms with Crippen LogP contribution in [0.3, 0.4) is 0 Å². The molecule has 1 unspecified atom stereocenters. The van der Waals surface area contributed by atoms with Crippen molar-refractivity contribution in [3.8, 4) is 0 Å². The maximum atomic E-state index is 13.1. The summed E-state index contributed by atoms with van der Waals surface area (Å²) in [5, 5.41) is 0. The first-order valence-corrected chi connectivity index (χ1v) is 8.13. The van der Waals surface area contributed by atoms with Crippen LogP contribution in [0, 0.1) is 0 Å². The normalized spacial score (nSPS) is 18.0. The number of benzene rings is 2. The monoisotopic (exact) mass is 345 g/mol. The Kier molecular flexibility index (Phi) is 4.66. The molecule has 1 aliphatic rings. The number of nitrogens with zero attached hydrogens (tertiary/aromatic N) is 1. The van der Waals surface area contributed by atoms with E-state index in [4.69, 9.17) is 0 Å². The Bertz CT molecular complexity index is 796. The van der Waals surface area contributed by atoms with Crippen LogP contribution in [0.5, 0.6) is 0 Å². The van der Waals surface area contributed by atoms with E-state index >= 15 is 0 Å². The number of hydrogen-bond acceptors (Lipinski definition) is 2. The fourth-order valence-electron chi connectivity index (χ4n) is 3.09. The summed E-state index contributed by atoms with van der Waals surface area (Å²) in [5.74, 6) is -1.83. The number of hydrogen-bond donors (Lipinski definition) is 0. The van der Waals surface area contributed by atoms with Gasteiger partial charge in [0.25, 0.3) is 5.78 Å². The lowest BCUT2D eigenvalue weighted by Crippen LogP contribution is -2.34. The molecular weight excluding hydrogens is 327 g/mol. The van der Waals surface area contributed by atoms with E-state index in [-0.39, 0.29) is 17.2 Å². The molecule has 0 aliphatic carbocycles. The van der Waals surface area contributed by atoms with E-state index in [2.05, 4.69) is 0 Å². The molecule has 2 aromatic rings. The van der Waals surface area contributed by atoms with Gasteiger partial charge in [-0.2, -0.15) is 13.2 Å². The number of aryl methyl sites for hydroxylation is 1. The predicted molar refractivity (Wildman–Crippen MR) is 92.2 cm³/mol. The Morgan fingerprint density at radius 3 is 2.40 bits per heavy atom. The van der Waals surface area contributed by atoms with E-state index in [9.17, 15) is 18.0 Å². The van der Waals surface area contributed by atoms with Crippen molar-refractivity contribution in [3.63, 3.8) is 0 Å². The molecule has 0 aromatic heterocycles. The van der Waals surface area contributed by atoms with Gasteiger partial charge >= 0.3 is 6.18 Å². The van der Waals surface area contributed by atoms with Gasteiger partial charge in [0.05, 0.1) is 5.57 Å². The van der Waals surface area contributed by atoms with Gasteiger partial charge in [-0.1, -0.05) is 48.5 Å². The standard InChI is InChI=1S/C20H18F3NO/c1-14-11-12-16-9-5-6-10-18(16)24(14)13-17(19(25)20(21,22)23)15-7-3-2-4-8-15/h2-10,13-14H,11-12H2,1H3/b17-13-. The largest absolute Gasteiger partial charge is 0.454 e. The minimum atomic E-state index is -4.92. The Morgan fingerprint density at radius 2 is 1.72 bits per heavy atom. The second-order valence-electron chi connectivity index (χ2n) is 6.16. The van der Waals surface area contributed by atoms with Crippen LogP contribution < -0.4 is 4.90 Å². The van der Waals surface area contributed by atoms with E-state index in [0.717, 1.165) is 24.1 Å². The molecule has 0 N–H and O–H groups in total. The second-order valence-corrected chi connectivity index (χ2v) is 6.16. The minimum Gasteiger partial charge on any atom is -0.344 e. The number of alkyl halides is 3. The molecule has 0 saturated heterocycles. The van der Waals surface area contributed by atoms with Gasteiger partial charge in [-0.25, -0.2) is 0 Å². The highest BCUT2D eigenvalue weighted by molar-refractivity contribution is 6.23. The average molecular weight is 345 g/mol. The zero-order valence-corrected chi connectivity index (χ0v) is 13.8. The number of carbonyl (C=O) groups is 1. The second kappa shape index (κ2) is 6.75. The first kappa shape index (κ1) is 17.3. The highest BCUT2D eigenvalue weighted by Gasteiger charge is 2.41. The lowest BCUT2D eigenvalue weighted by Gasteiger charge is -2.35. The maximum absolute atomic E-state index is 13.1. The van der Waals surface area contributed by atoms with Crippen LogP contribution in [-0.2, 0) is 11.2 Å². The number of halogens is 3. The summed E-state index contributed by atoms with van der Waals surface area (Å²) in [5.41, 5.74) is 1.85. The van der Waals surface area contributed by atoms with E-state index in [1.54, 1.807) is 23.1 Å². The molecule has 0 amide bonds. The molecule has 0 spiro atoms. The number of ketones is 1. The van der Waals surface area contributed by atoms with Crippen LogP contribution in [0.1, 0.15) is 24.5 Å². The van der Waals surface area contributed by atoms with Gasteiger partial charge in [-0.3, -0.25) is 4.79 Å². The van der Waals surface area contributed by atoms with Gasteiger partial charge in [0.1, 0.15) is 0 Å². The summed E-state index contributed by atoms with van der Waals surface area (Å²) in [4.78, 5) is 13.8. The molecule has 0 saturated carbocycles. The lowest BCUT2D eigenvalue weighted by atomic mass is 9.95. The van der Waals surface area contributed by atoms with Crippen molar-refractivity contribution in [2.75, 3.05) is 4.90 Å². The van der Waals surface area contributed by atoms with Gasteiger partial charge in [0.15, 0.2) is 0 Å². The zero-order chi connectivity index (χ0) is 18.0. The van der Waals surface area contributed by atoms with Gasteiger partial charge in [0, 0.05) is 17.9 Å². The number of carbonyl (C=O) groups excluding carboxylic acids is 1. The Morgan fingerprint density at radius 1 is 1.08 bits per heavy atom. The van der Waals surface area contributed by atoms with Crippen LogP contribution in [0.15, 0.2) is 60.8 Å². The number of anilines is 1. The SMILES string of the molecule is CC1CCc2ccccc2N1/C=C(\C(=O)C(F)(F)F)c1ccccc1. The molecule has 130 valence electrons. The van der Waals surface area contributed by atoms with Gasteiger partial charge in [-0.15, -0.1) is 0 Å². The summed E-state index contributed by atoms with van der Waals surface area (Å²) in [6.07, 6.45) is -1.88. The molecule has 3 rings (SSSR count). The van der Waals surface area contributed by atoms with Crippen molar-refractivity contribution >= 4 is 17.0 Å². The molecule has 0 bridgehead atoms.